The van der Waals surface area contributed by atoms with Gasteiger partial charge in [-0.05, 0) is 0 Å². The molecule has 1 atom stereocenters. The predicted molar refractivity (Wildman–Crippen MR) is 34.0 cm³/mol. The van der Waals surface area contributed by atoms with Gasteiger partial charge < -0.3 is 0 Å². The van der Waals surface area contributed by atoms with Crippen molar-refractivity contribution in [2.75, 3.05) is 7.05 Å². The number of nitrogens with zero attached hydrogens (tertiary/aromatic N) is 2. The largest absolute Gasteiger partial charge is 0.273 e. The Morgan fingerprint density at radius 1 is 1.89 bits per heavy atom. The Hall–Kier alpha value is -0.860. The van der Waals surface area contributed by atoms with Gasteiger partial charge in [0.1, 0.15) is 0 Å². The van der Waals surface area contributed by atoms with Crippen molar-refractivity contribution < 1.29 is 4.79 Å². The molecule has 0 spiro atoms. The van der Waals surface area contributed by atoms with Crippen LogP contribution in [0, 0.1) is 5.92 Å². The van der Waals surface area contributed by atoms with Crippen LogP contribution in [0.15, 0.2) is 5.10 Å². The third kappa shape index (κ3) is 1.28. The van der Waals surface area contributed by atoms with Gasteiger partial charge in [-0.1, -0.05) is 6.92 Å². The van der Waals surface area contributed by atoms with Gasteiger partial charge in [-0.3, -0.25) is 4.79 Å². The maximum absolute atomic E-state index is 10.8. The molecule has 1 radical (unpaired) electrons. The minimum absolute atomic E-state index is 0.0706. The van der Waals surface area contributed by atoms with E-state index in [0.717, 1.165) is 0 Å². The number of hydrogen-bond acceptors (Lipinski definition) is 2. The molecule has 9 heavy (non-hydrogen) atoms. The molecule has 1 unspecified atom stereocenters. The van der Waals surface area contributed by atoms with E-state index in [4.69, 9.17) is 0 Å². The van der Waals surface area contributed by atoms with E-state index in [-0.39, 0.29) is 11.8 Å². The van der Waals surface area contributed by atoms with Gasteiger partial charge in [0.05, 0.1) is 6.21 Å². The van der Waals surface area contributed by atoms with Crippen molar-refractivity contribution in [3.63, 3.8) is 0 Å². The van der Waals surface area contributed by atoms with E-state index in [9.17, 15) is 4.79 Å². The van der Waals surface area contributed by atoms with Gasteiger partial charge in [-0.2, -0.15) is 5.10 Å². The second-order valence-electron chi connectivity index (χ2n) is 2.25. The molecule has 0 bridgehead atoms. The average Bonchev–Trinajstić information content (AvgIpc) is 1.80. The van der Waals surface area contributed by atoms with E-state index in [0.29, 0.717) is 6.42 Å². The summed E-state index contributed by atoms with van der Waals surface area (Å²) in [6.45, 7) is 1.92. The Balaban J connectivity index is 2.65. The summed E-state index contributed by atoms with van der Waals surface area (Å²) in [5, 5.41) is 5.05. The molecule has 0 aromatic carbocycles. The molecule has 1 amide bonds. The van der Waals surface area contributed by atoms with Crippen LogP contribution in [0.5, 0.6) is 0 Å². The lowest BCUT2D eigenvalue weighted by atomic mass is 10.1. The van der Waals surface area contributed by atoms with Crippen molar-refractivity contribution in [2.45, 2.75) is 13.3 Å². The van der Waals surface area contributed by atoms with E-state index in [1.54, 1.807) is 7.05 Å². The molecule has 1 rings (SSSR count). The number of hydrazone groups is 1. The van der Waals surface area contributed by atoms with Crippen LogP contribution >= 0.6 is 0 Å². The van der Waals surface area contributed by atoms with Crippen molar-refractivity contribution in [3.05, 3.63) is 0 Å². The molecular weight excluding hydrogens is 116 g/mol. The fourth-order valence-corrected chi connectivity index (χ4v) is 0.681. The summed E-state index contributed by atoms with van der Waals surface area (Å²) in [7, 11) is 1.64. The first-order valence-electron chi connectivity index (χ1n) is 2.93. The predicted octanol–water partition coefficient (Wildman–Crippen LogP) is 0.347. The van der Waals surface area contributed by atoms with Crippen molar-refractivity contribution in [2.24, 2.45) is 11.0 Å². The molecule has 0 saturated heterocycles. The molecule has 0 aromatic heterocycles. The Morgan fingerprint density at radius 2 is 2.56 bits per heavy atom. The highest BCUT2D eigenvalue weighted by atomic mass is 16.2. The number of rotatable bonds is 0. The molecule has 0 saturated carbocycles. The SMILES string of the molecule is CC1[C]=NN(C)C(=O)C1. The molecule has 0 aromatic rings. The van der Waals surface area contributed by atoms with Crippen LogP contribution < -0.4 is 0 Å². The molecule has 1 aliphatic rings. The van der Waals surface area contributed by atoms with E-state index in [1.165, 1.54) is 5.01 Å². The zero-order chi connectivity index (χ0) is 6.85. The standard InChI is InChI=1S/C6H9N2O/c1-5-3-6(9)8(2)7-4-5/h5H,3H2,1-2H3. The van der Waals surface area contributed by atoms with Crippen molar-refractivity contribution >= 4 is 12.1 Å². The molecule has 3 heteroatoms. The maximum atomic E-state index is 10.8. The molecule has 0 fully saturated rings. The highest BCUT2D eigenvalue weighted by molar-refractivity contribution is 5.82. The first kappa shape index (κ1) is 6.26. The van der Waals surface area contributed by atoms with Crippen LogP contribution in [0.4, 0.5) is 0 Å². The van der Waals surface area contributed by atoms with Crippen LogP contribution in [0.1, 0.15) is 13.3 Å². The Bertz CT molecular complexity index is 153. The van der Waals surface area contributed by atoms with Gasteiger partial charge in [0.25, 0.3) is 0 Å². The second-order valence-corrected chi connectivity index (χ2v) is 2.25. The summed E-state index contributed by atoms with van der Waals surface area (Å²) in [6, 6.07) is 0. The number of hydrogen-bond donors (Lipinski definition) is 0. The zero-order valence-electron chi connectivity index (χ0n) is 5.59. The first-order valence-corrected chi connectivity index (χ1v) is 2.93. The van der Waals surface area contributed by atoms with Gasteiger partial charge in [0.2, 0.25) is 5.91 Å². The van der Waals surface area contributed by atoms with Gasteiger partial charge in [0, 0.05) is 19.4 Å². The lowest BCUT2D eigenvalue weighted by Gasteiger charge is -2.16. The van der Waals surface area contributed by atoms with Crippen molar-refractivity contribution in [1.29, 1.82) is 0 Å². The lowest BCUT2D eigenvalue weighted by molar-refractivity contribution is -0.131. The maximum Gasteiger partial charge on any atom is 0.243 e. The zero-order valence-corrected chi connectivity index (χ0v) is 5.59. The molecule has 0 N–H and O–H groups in total. The summed E-state index contributed by atoms with van der Waals surface area (Å²) in [5.41, 5.74) is 0. The van der Waals surface area contributed by atoms with Gasteiger partial charge >= 0.3 is 0 Å². The summed E-state index contributed by atoms with van der Waals surface area (Å²) >= 11 is 0. The third-order valence-corrected chi connectivity index (χ3v) is 1.27. The molecule has 1 aliphatic heterocycles. The monoisotopic (exact) mass is 125 g/mol. The van der Waals surface area contributed by atoms with Gasteiger partial charge in [-0.25, -0.2) is 5.01 Å². The summed E-state index contributed by atoms with van der Waals surface area (Å²) in [4.78, 5) is 10.8. The second kappa shape index (κ2) is 2.17. The van der Waals surface area contributed by atoms with Gasteiger partial charge in [0.15, 0.2) is 0 Å². The van der Waals surface area contributed by atoms with Crippen LogP contribution in [-0.2, 0) is 4.79 Å². The Kier molecular flexibility index (Phi) is 1.51. The minimum atomic E-state index is 0.0706. The highest BCUT2D eigenvalue weighted by Crippen LogP contribution is 2.07. The molecule has 1 heterocycles. The van der Waals surface area contributed by atoms with E-state index < -0.39 is 0 Å². The number of amides is 1. The minimum Gasteiger partial charge on any atom is -0.273 e. The lowest BCUT2D eigenvalue weighted by Crippen LogP contribution is -2.28. The number of carbonyl (C=O) groups excluding carboxylic acids is 1. The van der Waals surface area contributed by atoms with Crippen LogP contribution in [-0.4, -0.2) is 24.2 Å². The quantitative estimate of drug-likeness (QED) is 0.459. The van der Waals surface area contributed by atoms with Gasteiger partial charge in [-0.15, -0.1) is 0 Å². The summed E-state index contributed by atoms with van der Waals surface area (Å²) in [5.74, 6) is 0.259. The summed E-state index contributed by atoms with van der Waals surface area (Å²) in [6.07, 6.45) is 3.33. The highest BCUT2D eigenvalue weighted by Gasteiger charge is 2.15. The van der Waals surface area contributed by atoms with Crippen LogP contribution in [0.25, 0.3) is 0 Å². The molecule has 49 valence electrons. The number of carbonyl (C=O) groups is 1. The molecule has 0 aliphatic carbocycles. The fourth-order valence-electron chi connectivity index (χ4n) is 0.681. The first-order chi connectivity index (χ1) is 4.20. The normalized spacial score (nSPS) is 27.1. The molecular formula is C6H9N2O. The topological polar surface area (TPSA) is 32.7 Å². The van der Waals surface area contributed by atoms with E-state index in [2.05, 4.69) is 11.3 Å². The van der Waals surface area contributed by atoms with Crippen LogP contribution in [0.2, 0.25) is 0 Å². The van der Waals surface area contributed by atoms with E-state index in [1.807, 2.05) is 6.92 Å². The Morgan fingerprint density at radius 3 is 3.00 bits per heavy atom. The van der Waals surface area contributed by atoms with E-state index >= 15 is 0 Å². The Labute approximate surface area is 54.3 Å². The summed E-state index contributed by atoms with van der Waals surface area (Å²) < 4.78 is 0. The van der Waals surface area contributed by atoms with Crippen molar-refractivity contribution in [3.8, 4) is 0 Å². The molecule has 3 nitrogen and oxygen atoms in total. The fraction of sp³-hybridized carbons (Fsp3) is 0.667. The van der Waals surface area contributed by atoms with Crippen molar-refractivity contribution in [1.82, 2.24) is 5.01 Å². The average molecular weight is 125 g/mol. The smallest absolute Gasteiger partial charge is 0.243 e. The van der Waals surface area contributed by atoms with Crippen LogP contribution in [0.3, 0.4) is 0 Å². The third-order valence-electron chi connectivity index (χ3n) is 1.27.